The lowest BCUT2D eigenvalue weighted by Gasteiger charge is -2.20. The second kappa shape index (κ2) is 11.8. The summed E-state index contributed by atoms with van der Waals surface area (Å²) in [5, 5.41) is 16.3. The molecule has 0 fully saturated rings. The molecule has 3 aromatic carbocycles. The van der Waals surface area contributed by atoms with E-state index in [1.54, 1.807) is 17.8 Å². The van der Waals surface area contributed by atoms with Gasteiger partial charge in [-0.15, -0.1) is 5.10 Å². The van der Waals surface area contributed by atoms with Gasteiger partial charge in [0.1, 0.15) is 5.75 Å². The molecule has 6 rings (SSSR count). The quantitative estimate of drug-likeness (QED) is 0.176. The number of hydrogen-bond acceptors (Lipinski definition) is 6. The molecule has 2 aliphatic rings. The number of carbonyl (C=O) groups is 1. The molecule has 9 heteroatoms. The first-order valence-corrected chi connectivity index (χ1v) is 15.2. The van der Waals surface area contributed by atoms with Gasteiger partial charge in [-0.2, -0.15) is 10.0 Å². The lowest BCUT2D eigenvalue weighted by atomic mass is 10.1. The first-order valence-electron chi connectivity index (χ1n) is 13.4. The zero-order chi connectivity index (χ0) is 28.3. The molecule has 4 aromatic rings. The van der Waals surface area contributed by atoms with Crippen molar-refractivity contribution in [2.45, 2.75) is 32.6 Å². The second-order valence-corrected chi connectivity index (χ2v) is 12.1. The van der Waals surface area contributed by atoms with E-state index in [1.807, 2.05) is 48.7 Å². The van der Waals surface area contributed by atoms with Gasteiger partial charge in [0.25, 0.3) is 5.91 Å². The van der Waals surface area contributed by atoms with E-state index in [9.17, 15) is 4.79 Å². The van der Waals surface area contributed by atoms with Crippen molar-refractivity contribution in [1.29, 1.82) is 5.41 Å². The fourth-order valence-corrected chi connectivity index (χ4v) is 6.60. The predicted octanol–water partition coefficient (Wildman–Crippen LogP) is 7.24. The minimum Gasteiger partial charge on any atom is -0.494 e. The summed E-state index contributed by atoms with van der Waals surface area (Å²) in [7, 11) is 0. The zero-order valence-electron chi connectivity index (χ0n) is 22.8. The van der Waals surface area contributed by atoms with Crippen LogP contribution in [-0.4, -0.2) is 37.5 Å². The van der Waals surface area contributed by atoms with Crippen molar-refractivity contribution < 1.29 is 9.53 Å². The van der Waals surface area contributed by atoms with E-state index in [1.165, 1.54) is 33.5 Å². The fourth-order valence-electron chi connectivity index (χ4n) is 4.71. The van der Waals surface area contributed by atoms with Crippen molar-refractivity contribution in [3.05, 3.63) is 107 Å². The summed E-state index contributed by atoms with van der Waals surface area (Å²) < 4.78 is 8.94. The molecule has 0 aliphatic carbocycles. The molecule has 1 N–H and O–H groups in total. The molecule has 1 amide bonds. The molecule has 0 unspecified atom stereocenters. The highest BCUT2D eigenvalue weighted by molar-refractivity contribution is 8.45. The van der Waals surface area contributed by atoms with Crippen molar-refractivity contribution >= 4 is 61.8 Å². The molecular weight excluding hydrogens is 551 g/mol. The average molecular weight is 580 g/mol. The number of ether oxygens (including phenoxy) is 1. The number of rotatable bonds is 8. The molecule has 0 saturated carbocycles. The van der Waals surface area contributed by atoms with E-state index < -0.39 is 5.91 Å². The molecule has 206 valence electrons. The van der Waals surface area contributed by atoms with Crippen molar-refractivity contribution in [3.63, 3.8) is 0 Å². The van der Waals surface area contributed by atoms with Gasteiger partial charge in [-0.05, 0) is 73.0 Å². The van der Waals surface area contributed by atoms with E-state index in [-0.39, 0.29) is 11.4 Å². The standard InChI is InChI=1S/C32H29N5O2S2/c1-21-13-14-25(17-22(21)2)39-16-8-15-36-19-24(26-11-6-7-12-28(26)36)18-27-29(33)37-31(34-30(27)38)41-32(35-37)40-20-23-9-4-3-5-10-23/h3-7,9-14,17-19,33H,8,15-16,20H2,1-2H3/b27-18-,33-29?. The lowest BCUT2D eigenvalue weighted by molar-refractivity contribution is -0.114. The van der Waals surface area contributed by atoms with Gasteiger partial charge in [0, 0.05) is 35.0 Å². The molecular formula is C32H29N5O2S2. The minimum atomic E-state index is -0.420. The molecule has 2 aliphatic heterocycles. The Labute approximate surface area is 247 Å². The number of aliphatic imine (C=N–C) groups is 1. The Morgan fingerprint density at radius 2 is 1.83 bits per heavy atom. The number of amidine groups is 2. The van der Waals surface area contributed by atoms with Crippen LogP contribution in [0.15, 0.2) is 94.7 Å². The Hall–Kier alpha value is -4.08. The lowest BCUT2D eigenvalue weighted by Crippen LogP contribution is -2.35. The number of carbonyl (C=O) groups excluding carboxylic acids is 1. The Morgan fingerprint density at radius 3 is 2.66 bits per heavy atom. The molecule has 0 spiro atoms. The average Bonchev–Trinajstić information content (AvgIpc) is 3.56. The largest absolute Gasteiger partial charge is 0.494 e. The fraction of sp³-hybridized carbons (Fsp3) is 0.188. The van der Waals surface area contributed by atoms with Crippen LogP contribution in [0.3, 0.4) is 0 Å². The smallest absolute Gasteiger partial charge is 0.283 e. The number of nitrogens with one attached hydrogen (secondary N) is 1. The summed E-state index contributed by atoms with van der Waals surface area (Å²) in [5.74, 6) is 1.26. The van der Waals surface area contributed by atoms with Crippen LogP contribution in [-0.2, 0) is 17.1 Å². The highest BCUT2D eigenvalue weighted by atomic mass is 32.2. The Bertz CT molecular complexity index is 1740. The molecule has 41 heavy (non-hydrogen) atoms. The first-order chi connectivity index (χ1) is 20.0. The maximum absolute atomic E-state index is 13.1. The van der Waals surface area contributed by atoms with E-state index in [4.69, 9.17) is 10.1 Å². The first kappa shape index (κ1) is 27.1. The summed E-state index contributed by atoms with van der Waals surface area (Å²) in [6.07, 6.45) is 4.63. The maximum Gasteiger partial charge on any atom is 0.283 e. The van der Waals surface area contributed by atoms with Crippen LogP contribution in [0.2, 0.25) is 0 Å². The third-order valence-electron chi connectivity index (χ3n) is 7.05. The number of aromatic nitrogens is 1. The van der Waals surface area contributed by atoms with Crippen molar-refractivity contribution in [1.82, 2.24) is 9.58 Å². The third-order valence-corrected chi connectivity index (χ3v) is 9.16. The number of aryl methyl sites for hydroxylation is 3. The van der Waals surface area contributed by atoms with Gasteiger partial charge in [0.2, 0.25) is 5.17 Å². The van der Waals surface area contributed by atoms with Crippen LogP contribution < -0.4 is 4.74 Å². The monoisotopic (exact) mass is 579 g/mol. The normalized spacial score (nSPS) is 15.9. The molecule has 0 saturated heterocycles. The number of benzene rings is 3. The van der Waals surface area contributed by atoms with E-state index >= 15 is 0 Å². The van der Waals surface area contributed by atoms with Crippen molar-refractivity contribution in [3.8, 4) is 5.75 Å². The number of hydrogen-bond donors (Lipinski definition) is 1. The Balaban J connectivity index is 1.17. The summed E-state index contributed by atoms with van der Waals surface area (Å²) in [5.41, 5.74) is 5.83. The summed E-state index contributed by atoms with van der Waals surface area (Å²) in [4.78, 5) is 17.3. The van der Waals surface area contributed by atoms with Gasteiger partial charge in [0.15, 0.2) is 10.2 Å². The van der Waals surface area contributed by atoms with Gasteiger partial charge in [0.05, 0.1) is 12.2 Å². The van der Waals surface area contributed by atoms with Crippen LogP contribution in [0.25, 0.3) is 17.0 Å². The summed E-state index contributed by atoms with van der Waals surface area (Å²) >= 11 is 2.91. The molecule has 1 aromatic heterocycles. The SMILES string of the molecule is Cc1ccc(OCCCn2cc(/C=C3/C(=N)N4N=C(SCc5ccccc5)SC4=NC3=O)c3ccccc32)cc1C. The Morgan fingerprint density at radius 1 is 1.02 bits per heavy atom. The number of fused-ring (bicyclic) bond motifs is 2. The second-order valence-electron chi connectivity index (χ2n) is 9.90. The van der Waals surface area contributed by atoms with Gasteiger partial charge < -0.3 is 9.30 Å². The van der Waals surface area contributed by atoms with E-state index in [0.29, 0.717) is 11.8 Å². The van der Waals surface area contributed by atoms with Crippen LogP contribution in [0.5, 0.6) is 5.75 Å². The summed E-state index contributed by atoms with van der Waals surface area (Å²) in [6.45, 7) is 5.54. The van der Waals surface area contributed by atoms with Gasteiger partial charge in [-0.1, -0.05) is 66.4 Å². The number of hydrazone groups is 1. The summed E-state index contributed by atoms with van der Waals surface area (Å²) in [6, 6.07) is 24.4. The molecule has 0 atom stereocenters. The number of thioether (sulfide) groups is 2. The topological polar surface area (TPSA) is 83.0 Å². The van der Waals surface area contributed by atoms with Crippen molar-refractivity contribution in [2.75, 3.05) is 6.61 Å². The van der Waals surface area contributed by atoms with E-state index in [0.717, 1.165) is 45.3 Å². The van der Waals surface area contributed by atoms with Crippen LogP contribution in [0.4, 0.5) is 0 Å². The number of amides is 1. The number of para-hydroxylation sites is 1. The molecule has 0 bridgehead atoms. The molecule has 0 radical (unpaired) electrons. The van der Waals surface area contributed by atoms with Gasteiger partial charge >= 0.3 is 0 Å². The van der Waals surface area contributed by atoms with Crippen LogP contribution >= 0.6 is 23.5 Å². The van der Waals surface area contributed by atoms with Gasteiger partial charge in [-0.3, -0.25) is 10.2 Å². The zero-order valence-corrected chi connectivity index (χ0v) is 24.5. The molecule has 3 heterocycles. The van der Waals surface area contributed by atoms with Crippen LogP contribution in [0, 0.1) is 19.3 Å². The van der Waals surface area contributed by atoms with Crippen molar-refractivity contribution in [2.24, 2.45) is 10.1 Å². The van der Waals surface area contributed by atoms with E-state index in [2.05, 4.69) is 58.8 Å². The number of nitrogens with zero attached hydrogens (tertiary/aromatic N) is 4. The highest BCUT2D eigenvalue weighted by Crippen LogP contribution is 2.34. The highest BCUT2D eigenvalue weighted by Gasteiger charge is 2.36. The minimum absolute atomic E-state index is 0.0430. The maximum atomic E-state index is 13.1. The van der Waals surface area contributed by atoms with Gasteiger partial charge in [-0.25, -0.2) is 0 Å². The third kappa shape index (κ3) is 5.87. The molecule has 7 nitrogen and oxygen atoms in total. The predicted molar refractivity (Wildman–Crippen MR) is 171 cm³/mol. The Kier molecular flexibility index (Phi) is 7.80. The van der Waals surface area contributed by atoms with Crippen LogP contribution in [0.1, 0.15) is 28.7 Å².